The number of aromatic nitrogens is 3. The molecule has 1 aromatic heterocycles. The molecule has 146 valence electrons. The number of hydrogen-bond acceptors (Lipinski definition) is 5. The Bertz CT molecular complexity index is 1020. The lowest BCUT2D eigenvalue weighted by molar-refractivity contribution is 0.0640. The summed E-state index contributed by atoms with van der Waals surface area (Å²) in [5.74, 6) is -0.498. The molecule has 0 spiro atoms. The third-order valence-corrected chi connectivity index (χ3v) is 4.76. The van der Waals surface area contributed by atoms with E-state index in [0.29, 0.717) is 24.4 Å². The average molecular weight is 385 g/mol. The highest BCUT2D eigenvalue weighted by Crippen LogP contribution is 2.28. The summed E-state index contributed by atoms with van der Waals surface area (Å²) in [5.41, 5.74) is 1.46. The molecular formula is C20H21F2N5O. The van der Waals surface area contributed by atoms with Crippen LogP contribution in [0.1, 0.15) is 31.7 Å². The Hall–Kier alpha value is -2.87. The number of rotatable bonds is 4. The number of nitrogens with zero attached hydrogens (tertiary/aromatic N) is 5. The van der Waals surface area contributed by atoms with Crippen molar-refractivity contribution < 1.29 is 13.9 Å². The highest BCUT2D eigenvalue weighted by molar-refractivity contribution is 6.00. The van der Waals surface area contributed by atoms with Crippen LogP contribution in [-0.2, 0) is 0 Å². The molecule has 4 rings (SSSR count). The Morgan fingerprint density at radius 2 is 2.04 bits per heavy atom. The zero-order valence-electron chi connectivity index (χ0n) is 15.9. The zero-order valence-corrected chi connectivity index (χ0v) is 15.9. The molecule has 1 N–H and O–H groups in total. The van der Waals surface area contributed by atoms with E-state index in [0.717, 1.165) is 17.5 Å². The Morgan fingerprint density at radius 3 is 2.75 bits per heavy atom. The molecule has 0 bridgehead atoms. The Kier molecular flexibility index (Phi) is 4.38. The van der Waals surface area contributed by atoms with Crippen LogP contribution >= 0.6 is 0 Å². The largest absolute Gasteiger partial charge is 0.390 e. The van der Waals surface area contributed by atoms with E-state index >= 15 is 0 Å². The van der Waals surface area contributed by atoms with Crippen molar-refractivity contribution in [1.82, 2.24) is 19.9 Å². The summed E-state index contributed by atoms with van der Waals surface area (Å²) in [4.78, 5) is 6.66. The van der Waals surface area contributed by atoms with E-state index in [-0.39, 0.29) is 11.7 Å². The number of benzene rings is 1. The Labute approximate surface area is 161 Å². The summed E-state index contributed by atoms with van der Waals surface area (Å²) in [6.45, 7) is 6.01. The molecular weight excluding hydrogens is 364 g/mol. The molecule has 0 radical (unpaired) electrons. The van der Waals surface area contributed by atoms with Crippen LogP contribution in [0.5, 0.6) is 0 Å². The highest BCUT2D eigenvalue weighted by Gasteiger charge is 2.29. The van der Waals surface area contributed by atoms with E-state index in [1.807, 2.05) is 23.3 Å². The summed E-state index contributed by atoms with van der Waals surface area (Å²) in [5, 5.41) is 18.3. The van der Waals surface area contributed by atoms with E-state index in [1.165, 1.54) is 16.8 Å². The molecule has 2 aromatic rings. The average Bonchev–Trinajstić information content (AvgIpc) is 3.15. The number of halogens is 2. The number of amidine groups is 1. The topological polar surface area (TPSA) is 66.5 Å². The van der Waals surface area contributed by atoms with E-state index < -0.39 is 17.2 Å². The maximum atomic E-state index is 14.1. The van der Waals surface area contributed by atoms with Gasteiger partial charge in [-0.05, 0) is 51.5 Å². The third-order valence-electron chi connectivity index (χ3n) is 4.76. The molecule has 0 saturated heterocycles. The summed E-state index contributed by atoms with van der Waals surface area (Å²) >= 11 is 0. The number of aliphatic hydroxyl groups is 1. The van der Waals surface area contributed by atoms with Crippen molar-refractivity contribution in [3.63, 3.8) is 0 Å². The lowest BCUT2D eigenvalue weighted by Crippen LogP contribution is -2.29. The van der Waals surface area contributed by atoms with Gasteiger partial charge in [0.2, 0.25) is 0 Å². The Morgan fingerprint density at radius 1 is 1.25 bits per heavy atom. The molecule has 0 saturated carbocycles. The van der Waals surface area contributed by atoms with Crippen LogP contribution in [0.25, 0.3) is 11.3 Å². The normalized spacial score (nSPS) is 18.9. The minimum Gasteiger partial charge on any atom is -0.390 e. The van der Waals surface area contributed by atoms with E-state index in [2.05, 4.69) is 15.3 Å². The van der Waals surface area contributed by atoms with Gasteiger partial charge in [0.05, 0.1) is 17.3 Å². The SMILES string of the molecule is Cc1c(C2=CN3CC(CC(C)(C)O)N=C3C=C2)nnn1-c1ccc(F)cc1F. The summed E-state index contributed by atoms with van der Waals surface area (Å²) < 4.78 is 28.7. The van der Waals surface area contributed by atoms with Crippen LogP contribution in [-0.4, -0.2) is 49.0 Å². The van der Waals surface area contributed by atoms with Crippen LogP contribution in [0, 0.1) is 18.6 Å². The predicted molar refractivity (Wildman–Crippen MR) is 102 cm³/mol. The molecule has 6 nitrogen and oxygen atoms in total. The first-order chi connectivity index (χ1) is 13.2. The second kappa shape index (κ2) is 6.63. The van der Waals surface area contributed by atoms with Gasteiger partial charge in [-0.15, -0.1) is 5.10 Å². The molecule has 8 heteroatoms. The van der Waals surface area contributed by atoms with Crippen LogP contribution in [0.4, 0.5) is 8.78 Å². The minimum atomic E-state index is -0.780. The van der Waals surface area contributed by atoms with Crippen LogP contribution in [0.2, 0.25) is 0 Å². The van der Waals surface area contributed by atoms with Gasteiger partial charge in [-0.1, -0.05) is 5.21 Å². The summed E-state index contributed by atoms with van der Waals surface area (Å²) in [6, 6.07) is 3.37. The van der Waals surface area contributed by atoms with Crippen molar-refractivity contribution in [2.45, 2.75) is 38.8 Å². The molecule has 0 fully saturated rings. The van der Waals surface area contributed by atoms with Crippen molar-refractivity contribution in [1.29, 1.82) is 0 Å². The van der Waals surface area contributed by atoms with E-state index in [9.17, 15) is 13.9 Å². The summed E-state index contributed by atoms with van der Waals surface area (Å²) in [6.07, 6.45) is 6.30. The summed E-state index contributed by atoms with van der Waals surface area (Å²) in [7, 11) is 0. The van der Waals surface area contributed by atoms with Gasteiger partial charge in [0.1, 0.15) is 23.0 Å². The molecule has 28 heavy (non-hydrogen) atoms. The second-order valence-electron chi connectivity index (χ2n) is 7.76. The molecule has 1 unspecified atom stereocenters. The first-order valence-corrected chi connectivity index (χ1v) is 9.06. The molecule has 0 aliphatic carbocycles. The molecule has 1 aromatic carbocycles. The maximum Gasteiger partial charge on any atom is 0.151 e. The highest BCUT2D eigenvalue weighted by atomic mass is 19.1. The molecule has 1 atom stereocenters. The standard InChI is InChI=1S/C20H21F2N5O/c1-12-19(24-25-27(12)17-6-5-14(21)8-16(17)22)13-4-7-18-23-15(9-20(2,3)28)11-26(18)10-13/h4-8,10,15,28H,9,11H2,1-3H3. The van der Waals surface area contributed by atoms with Gasteiger partial charge in [-0.3, -0.25) is 4.99 Å². The number of allylic oxidation sites excluding steroid dienone is 2. The smallest absolute Gasteiger partial charge is 0.151 e. The quantitative estimate of drug-likeness (QED) is 0.879. The van der Waals surface area contributed by atoms with Crippen LogP contribution in [0.15, 0.2) is 41.5 Å². The van der Waals surface area contributed by atoms with Crippen molar-refractivity contribution in [3.05, 3.63) is 59.6 Å². The van der Waals surface area contributed by atoms with Gasteiger partial charge < -0.3 is 10.0 Å². The number of fused-ring (bicyclic) bond motifs is 1. The zero-order chi connectivity index (χ0) is 20.1. The predicted octanol–water partition coefficient (Wildman–Crippen LogP) is 3.01. The molecule has 2 aliphatic rings. The molecule has 0 amide bonds. The van der Waals surface area contributed by atoms with Gasteiger partial charge in [0, 0.05) is 24.4 Å². The maximum absolute atomic E-state index is 14.1. The van der Waals surface area contributed by atoms with E-state index in [1.54, 1.807) is 20.8 Å². The lowest BCUT2D eigenvalue weighted by atomic mass is 10.00. The van der Waals surface area contributed by atoms with Gasteiger partial charge >= 0.3 is 0 Å². The third kappa shape index (κ3) is 3.47. The van der Waals surface area contributed by atoms with Gasteiger partial charge in [-0.25, -0.2) is 13.5 Å². The van der Waals surface area contributed by atoms with Crippen LogP contribution in [0.3, 0.4) is 0 Å². The lowest BCUT2D eigenvalue weighted by Gasteiger charge is -2.22. The van der Waals surface area contributed by atoms with Crippen molar-refractivity contribution in [2.24, 2.45) is 4.99 Å². The second-order valence-corrected chi connectivity index (χ2v) is 7.76. The van der Waals surface area contributed by atoms with Crippen LogP contribution < -0.4 is 0 Å². The fraction of sp³-hybridized carbons (Fsp3) is 0.350. The van der Waals surface area contributed by atoms with Gasteiger partial charge in [0.15, 0.2) is 5.82 Å². The van der Waals surface area contributed by atoms with E-state index in [4.69, 9.17) is 0 Å². The monoisotopic (exact) mass is 385 g/mol. The van der Waals surface area contributed by atoms with Crippen molar-refractivity contribution >= 4 is 11.4 Å². The minimum absolute atomic E-state index is 0.0142. The van der Waals surface area contributed by atoms with Crippen molar-refractivity contribution in [2.75, 3.05) is 6.54 Å². The number of aliphatic imine (C=N–C) groups is 1. The molecule has 2 aliphatic heterocycles. The fourth-order valence-corrected chi connectivity index (χ4v) is 3.56. The first-order valence-electron chi connectivity index (χ1n) is 9.06. The van der Waals surface area contributed by atoms with Crippen molar-refractivity contribution in [3.8, 4) is 5.69 Å². The van der Waals surface area contributed by atoms with Gasteiger partial charge in [-0.2, -0.15) is 0 Å². The number of hydrogen-bond donors (Lipinski definition) is 1. The first kappa shape index (κ1) is 18.5. The fourth-order valence-electron chi connectivity index (χ4n) is 3.56. The van der Waals surface area contributed by atoms with Gasteiger partial charge in [0.25, 0.3) is 0 Å². The molecule has 3 heterocycles. The Balaban J connectivity index is 1.60.